The number of ether oxygens (including phenoxy) is 1. The summed E-state index contributed by atoms with van der Waals surface area (Å²) in [7, 11) is 0. The van der Waals surface area contributed by atoms with Crippen LogP contribution >= 0.6 is 0 Å². The lowest BCUT2D eigenvalue weighted by Crippen LogP contribution is -2.21. The molecule has 2 rings (SSSR count). The maximum Gasteiger partial charge on any atom is 0.416 e. The normalized spacial score (nSPS) is 11.1. The van der Waals surface area contributed by atoms with Crippen molar-refractivity contribution in [1.82, 2.24) is 0 Å². The number of hydrogen-bond donors (Lipinski definition) is 1. The molecule has 0 unspecified atom stereocenters. The van der Waals surface area contributed by atoms with Crippen LogP contribution in [0.15, 0.2) is 42.5 Å². The number of hydrogen-bond acceptors (Lipinski definition) is 3. The minimum Gasteiger partial charge on any atom is -0.455 e. The van der Waals surface area contributed by atoms with Crippen molar-refractivity contribution in [3.05, 3.63) is 64.7 Å². The molecule has 0 atom stereocenters. The van der Waals surface area contributed by atoms with E-state index in [2.05, 4.69) is 5.32 Å². The number of halogens is 3. The minimum atomic E-state index is -4.48. The molecule has 2 aromatic rings. The molecule has 1 amide bonds. The Morgan fingerprint density at radius 2 is 1.69 bits per heavy atom. The Balaban J connectivity index is 1.87. The molecule has 0 heterocycles. The van der Waals surface area contributed by atoms with Gasteiger partial charge in [-0.1, -0.05) is 24.3 Å². The highest BCUT2D eigenvalue weighted by Crippen LogP contribution is 2.29. The zero-order valence-electron chi connectivity index (χ0n) is 14.3. The van der Waals surface area contributed by atoms with Crippen LogP contribution in [0.1, 0.15) is 22.3 Å². The highest BCUT2D eigenvalue weighted by molar-refractivity contribution is 5.93. The van der Waals surface area contributed by atoms with Crippen LogP contribution in [0.2, 0.25) is 0 Å². The summed E-state index contributed by atoms with van der Waals surface area (Å²) in [4.78, 5) is 23.6. The van der Waals surface area contributed by atoms with E-state index in [0.29, 0.717) is 5.69 Å². The SMILES string of the molecule is Cc1cc(C)cc(NC(=O)COC(=O)Cc2cccc(C(F)(F)F)c2)c1. The summed E-state index contributed by atoms with van der Waals surface area (Å²) in [5.74, 6) is -1.30. The molecule has 7 heteroatoms. The van der Waals surface area contributed by atoms with E-state index < -0.39 is 30.2 Å². The molecule has 0 aliphatic heterocycles. The number of rotatable bonds is 5. The summed E-state index contributed by atoms with van der Waals surface area (Å²) in [5, 5.41) is 2.61. The van der Waals surface area contributed by atoms with Gasteiger partial charge in [-0.15, -0.1) is 0 Å². The second-order valence-corrected chi connectivity index (χ2v) is 5.96. The molecule has 26 heavy (non-hydrogen) atoms. The fourth-order valence-electron chi connectivity index (χ4n) is 2.47. The molecule has 0 aromatic heterocycles. The molecule has 1 N–H and O–H groups in total. The van der Waals surface area contributed by atoms with Crippen LogP contribution in [0.5, 0.6) is 0 Å². The zero-order chi connectivity index (χ0) is 19.3. The van der Waals surface area contributed by atoms with Crippen molar-refractivity contribution in [2.45, 2.75) is 26.4 Å². The Labute approximate surface area is 149 Å². The van der Waals surface area contributed by atoms with E-state index in [0.717, 1.165) is 23.3 Å². The number of nitrogens with one attached hydrogen (secondary N) is 1. The first-order valence-corrected chi connectivity index (χ1v) is 7.83. The van der Waals surface area contributed by atoms with Crippen LogP contribution in [0.25, 0.3) is 0 Å². The lowest BCUT2D eigenvalue weighted by Gasteiger charge is -2.10. The number of amides is 1. The van der Waals surface area contributed by atoms with E-state index in [9.17, 15) is 22.8 Å². The van der Waals surface area contributed by atoms with Crippen molar-refractivity contribution in [3.63, 3.8) is 0 Å². The Morgan fingerprint density at radius 1 is 1.04 bits per heavy atom. The van der Waals surface area contributed by atoms with Gasteiger partial charge in [0, 0.05) is 5.69 Å². The summed E-state index contributed by atoms with van der Waals surface area (Å²) < 4.78 is 42.8. The summed E-state index contributed by atoms with van der Waals surface area (Å²) >= 11 is 0. The van der Waals surface area contributed by atoms with E-state index in [4.69, 9.17) is 4.74 Å². The highest BCUT2D eigenvalue weighted by atomic mass is 19.4. The highest BCUT2D eigenvalue weighted by Gasteiger charge is 2.30. The van der Waals surface area contributed by atoms with Gasteiger partial charge >= 0.3 is 12.1 Å². The number of esters is 1. The Morgan fingerprint density at radius 3 is 2.31 bits per heavy atom. The number of carbonyl (C=O) groups excluding carboxylic acids is 2. The van der Waals surface area contributed by atoms with Crippen molar-refractivity contribution in [1.29, 1.82) is 0 Å². The minimum absolute atomic E-state index is 0.166. The van der Waals surface area contributed by atoms with Crippen LogP contribution in [-0.2, 0) is 26.9 Å². The number of benzene rings is 2. The lowest BCUT2D eigenvalue weighted by atomic mass is 10.1. The van der Waals surface area contributed by atoms with Gasteiger partial charge in [0.2, 0.25) is 0 Å². The van der Waals surface area contributed by atoms with Crippen molar-refractivity contribution in [2.24, 2.45) is 0 Å². The number of carbonyl (C=O) groups is 2. The molecule has 4 nitrogen and oxygen atoms in total. The van der Waals surface area contributed by atoms with Crippen molar-refractivity contribution in [2.75, 3.05) is 11.9 Å². The monoisotopic (exact) mass is 365 g/mol. The van der Waals surface area contributed by atoms with Gasteiger partial charge in [0.15, 0.2) is 6.61 Å². The summed E-state index contributed by atoms with van der Waals surface area (Å²) in [5.41, 5.74) is 1.86. The first kappa shape index (κ1) is 19.5. The second-order valence-electron chi connectivity index (χ2n) is 5.96. The molecule has 0 bridgehead atoms. The average Bonchev–Trinajstić information content (AvgIpc) is 2.51. The van der Waals surface area contributed by atoms with Gasteiger partial charge in [0.1, 0.15) is 0 Å². The van der Waals surface area contributed by atoms with Crippen LogP contribution < -0.4 is 5.32 Å². The molecule has 0 saturated heterocycles. The molecule has 0 spiro atoms. The maximum absolute atomic E-state index is 12.7. The van der Waals surface area contributed by atoms with Gasteiger partial charge in [0.05, 0.1) is 12.0 Å². The van der Waals surface area contributed by atoms with Crippen molar-refractivity contribution < 1.29 is 27.5 Å². The predicted octanol–water partition coefficient (Wildman–Crippen LogP) is 4.05. The third-order valence-corrected chi connectivity index (χ3v) is 3.47. The predicted molar refractivity (Wildman–Crippen MR) is 90.7 cm³/mol. The van der Waals surface area contributed by atoms with E-state index >= 15 is 0 Å². The first-order chi connectivity index (χ1) is 12.1. The quantitative estimate of drug-likeness (QED) is 0.814. The topological polar surface area (TPSA) is 55.4 Å². The number of anilines is 1. The molecular weight excluding hydrogens is 347 g/mol. The largest absolute Gasteiger partial charge is 0.455 e. The second kappa shape index (κ2) is 8.03. The standard InChI is InChI=1S/C19H18F3NO3/c1-12-6-13(2)8-16(7-12)23-17(24)11-26-18(25)10-14-4-3-5-15(9-14)19(20,21)22/h3-9H,10-11H2,1-2H3,(H,23,24). The van der Waals surface area contributed by atoms with E-state index in [1.54, 1.807) is 12.1 Å². The molecule has 138 valence electrons. The number of alkyl halides is 3. The molecule has 0 aliphatic rings. The van der Waals surface area contributed by atoms with Crippen LogP contribution in [0.3, 0.4) is 0 Å². The van der Waals surface area contributed by atoms with Crippen LogP contribution in [-0.4, -0.2) is 18.5 Å². The van der Waals surface area contributed by atoms with E-state index in [1.165, 1.54) is 12.1 Å². The lowest BCUT2D eigenvalue weighted by molar-refractivity contribution is -0.146. The fraction of sp³-hybridized carbons (Fsp3) is 0.263. The van der Waals surface area contributed by atoms with E-state index in [-0.39, 0.29) is 12.0 Å². The summed E-state index contributed by atoms with van der Waals surface area (Å²) in [6, 6.07) is 9.92. The van der Waals surface area contributed by atoms with Crippen LogP contribution in [0.4, 0.5) is 18.9 Å². The van der Waals surface area contributed by atoms with Crippen molar-refractivity contribution in [3.8, 4) is 0 Å². The molecule has 0 aliphatic carbocycles. The van der Waals surface area contributed by atoms with E-state index in [1.807, 2.05) is 19.9 Å². The summed E-state index contributed by atoms with van der Waals surface area (Å²) in [6.45, 7) is 3.26. The summed E-state index contributed by atoms with van der Waals surface area (Å²) in [6.07, 6.45) is -4.83. The Hall–Kier alpha value is -2.83. The average molecular weight is 365 g/mol. The molecule has 0 fully saturated rings. The molecule has 2 aromatic carbocycles. The maximum atomic E-state index is 12.7. The van der Waals surface area contributed by atoms with Gasteiger partial charge in [-0.05, 0) is 48.7 Å². The molecule has 0 radical (unpaired) electrons. The third kappa shape index (κ3) is 5.91. The number of aryl methyl sites for hydroxylation is 2. The molecular formula is C19H18F3NO3. The zero-order valence-corrected chi connectivity index (χ0v) is 14.3. The Bertz CT molecular complexity index is 796. The van der Waals surface area contributed by atoms with Crippen LogP contribution in [0, 0.1) is 13.8 Å². The van der Waals surface area contributed by atoms with Gasteiger partial charge in [-0.2, -0.15) is 13.2 Å². The van der Waals surface area contributed by atoms with Crippen molar-refractivity contribution >= 4 is 17.6 Å². The smallest absolute Gasteiger partial charge is 0.416 e. The first-order valence-electron chi connectivity index (χ1n) is 7.83. The fourth-order valence-corrected chi connectivity index (χ4v) is 2.47. The van der Waals surface area contributed by atoms with Gasteiger partial charge in [-0.3, -0.25) is 9.59 Å². The van der Waals surface area contributed by atoms with Gasteiger partial charge in [0.25, 0.3) is 5.91 Å². The third-order valence-electron chi connectivity index (χ3n) is 3.47. The molecule has 0 saturated carbocycles. The van der Waals surface area contributed by atoms with Gasteiger partial charge < -0.3 is 10.1 Å². The Kier molecular flexibility index (Phi) is 6.02. The van der Waals surface area contributed by atoms with Gasteiger partial charge in [-0.25, -0.2) is 0 Å².